The number of benzene rings is 1. The van der Waals surface area contributed by atoms with Crippen molar-refractivity contribution >= 4 is 6.09 Å². The summed E-state index contributed by atoms with van der Waals surface area (Å²) < 4.78 is 14.3. The van der Waals surface area contributed by atoms with Crippen molar-refractivity contribution in [1.29, 1.82) is 0 Å². The number of ether oxygens (including phenoxy) is 2. The van der Waals surface area contributed by atoms with E-state index in [1.54, 1.807) is 0 Å². The lowest BCUT2D eigenvalue weighted by Crippen LogP contribution is -2.45. The van der Waals surface area contributed by atoms with Gasteiger partial charge in [0.1, 0.15) is 11.9 Å². The van der Waals surface area contributed by atoms with E-state index in [1.807, 2.05) is 30.6 Å². The fourth-order valence-corrected chi connectivity index (χ4v) is 3.79. The number of pyridine rings is 1. The third-order valence-corrected chi connectivity index (χ3v) is 5.52. The Balaban J connectivity index is 1.17. The van der Waals surface area contributed by atoms with E-state index in [2.05, 4.69) is 28.8 Å². The molecule has 28 heavy (non-hydrogen) atoms. The molecule has 0 bridgehead atoms. The predicted molar refractivity (Wildman–Crippen MR) is 103 cm³/mol. The van der Waals surface area contributed by atoms with Gasteiger partial charge in [0.2, 0.25) is 0 Å². The molecular weight excluding hydrogens is 356 g/mol. The fraction of sp³-hybridized carbons (Fsp3) is 0.455. The molecule has 6 heteroatoms. The van der Waals surface area contributed by atoms with E-state index in [-0.39, 0.29) is 18.3 Å². The molecule has 1 aliphatic heterocycles. The number of nitrogens with zero attached hydrogens (tertiary/aromatic N) is 2. The molecule has 1 amide bonds. The normalized spacial score (nSPS) is 22.5. The summed E-state index contributed by atoms with van der Waals surface area (Å²) in [5.41, 5.74) is 1.27. The molecule has 2 aliphatic rings. The maximum atomic E-state index is 10.9. The minimum Gasteiger partial charge on any atom is -0.490 e. The van der Waals surface area contributed by atoms with Crippen LogP contribution in [-0.2, 0) is 11.3 Å². The molecule has 1 N–H and O–H groups in total. The number of rotatable bonds is 6. The van der Waals surface area contributed by atoms with Crippen molar-refractivity contribution in [2.75, 3.05) is 13.1 Å². The number of carbonyl (C=O) groups is 1. The van der Waals surface area contributed by atoms with Crippen molar-refractivity contribution in [3.63, 3.8) is 0 Å². The maximum absolute atomic E-state index is 10.9. The van der Waals surface area contributed by atoms with E-state index < -0.39 is 6.09 Å². The van der Waals surface area contributed by atoms with Gasteiger partial charge in [0.25, 0.3) is 0 Å². The summed E-state index contributed by atoms with van der Waals surface area (Å²) in [6, 6.07) is 14.4. The molecule has 1 aromatic heterocycles. The van der Waals surface area contributed by atoms with E-state index in [9.17, 15) is 4.79 Å². The van der Waals surface area contributed by atoms with E-state index in [1.165, 1.54) is 10.5 Å². The maximum Gasteiger partial charge on any atom is 0.407 e. The Morgan fingerprint density at radius 3 is 2.32 bits per heavy atom. The van der Waals surface area contributed by atoms with Gasteiger partial charge in [0, 0.05) is 43.6 Å². The number of amides is 1. The smallest absolute Gasteiger partial charge is 0.407 e. The highest BCUT2D eigenvalue weighted by Crippen LogP contribution is 2.30. The van der Waals surface area contributed by atoms with Crippen LogP contribution in [0.1, 0.15) is 31.2 Å². The summed E-state index contributed by atoms with van der Waals surface area (Å²) in [5, 5.41) is 9.00. The first-order valence-electron chi connectivity index (χ1n) is 9.99. The molecule has 148 valence electrons. The molecule has 1 saturated heterocycles. The third-order valence-electron chi connectivity index (χ3n) is 5.52. The molecule has 4 rings (SSSR count). The number of piperidine rings is 1. The lowest BCUT2D eigenvalue weighted by Gasteiger charge is -2.39. The summed E-state index contributed by atoms with van der Waals surface area (Å²) in [7, 11) is 0. The molecule has 0 radical (unpaired) electrons. The minimum absolute atomic E-state index is 0.176. The predicted octanol–water partition coefficient (Wildman–Crippen LogP) is 3.09. The lowest BCUT2D eigenvalue weighted by molar-refractivity contribution is -0.688. The summed E-state index contributed by atoms with van der Waals surface area (Å²) in [4.78, 5) is 12.4. The standard InChI is InChI=1S/C22H26N2O4/c25-22(26)24-12-8-19(9-13-24)28-21-14-20(15-21)27-18-6-10-23(11-7-18)16-17-4-2-1-3-5-17/h1-7,10-11,19-21H,8-9,12-16H2/p+1. The molecule has 1 saturated carbocycles. The zero-order valence-electron chi connectivity index (χ0n) is 15.9. The summed E-state index contributed by atoms with van der Waals surface area (Å²) >= 11 is 0. The summed E-state index contributed by atoms with van der Waals surface area (Å²) in [6.07, 6.45) is 7.25. The van der Waals surface area contributed by atoms with Crippen molar-refractivity contribution < 1.29 is 23.9 Å². The number of aromatic nitrogens is 1. The SMILES string of the molecule is O=C(O)N1CCC(OC2CC(Oc3cc[n+](Cc4ccccc4)cc3)C2)CC1. The van der Waals surface area contributed by atoms with Crippen LogP contribution in [0.3, 0.4) is 0 Å². The van der Waals surface area contributed by atoms with Crippen LogP contribution in [0.2, 0.25) is 0 Å². The van der Waals surface area contributed by atoms with Crippen LogP contribution >= 0.6 is 0 Å². The molecule has 2 fully saturated rings. The average molecular weight is 383 g/mol. The Hall–Kier alpha value is -2.60. The Kier molecular flexibility index (Phi) is 5.76. The molecule has 0 unspecified atom stereocenters. The van der Waals surface area contributed by atoms with Gasteiger partial charge in [0.05, 0.1) is 12.2 Å². The molecule has 0 atom stereocenters. The van der Waals surface area contributed by atoms with Crippen molar-refractivity contribution in [2.45, 2.75) is 50.5 Å². The summed E-state index contributed by atoms with van der Waals surface area (Å²) in [6.45, 7) is 1.99. The molecule has 6 nitrogen and oxygen atoms in total. The van der Waals surface area contributed by atoms with Crippen molar-refractivity contribution in [2.24, 2.45) is 0 Å². The monoisotopic (exact) mass is 383 g/mol. The Morgan fingerprint density at radius 2 is 1.68 bits per heavy atom. The molecule has 2 heterocycles. The van der Waals surface area contributed by atoms with E-state index >= 15 is 0 Å². The van der Waals surface area contributed by atoms with Gasteiger partial charge in [-0.15, -0.1) is 0 Å². The van der Waals surface area contributed by atoms with E-state index in [0.717, 1.165) is 38.0 Å². The van der Waals surface area contributed by atoms with E-state index in [0.29, 0.717) is 13.1 Å². The Labute approximate surface area is 165 Å². The van der Waals surface area contributed by atoms with Crippen molar-refractivity contribution in [3.8, 4) is 5.75 Å². The van der Waals surface area contributed by atoms with Crippen LogP contribution < -0.4 is 9.30 Å². The highest BCUT2D eigenvalue weighted by molar-refractivity contribution is 5.65. The molecule has 2 aromatic rings. The first-order chi connectivity index (χ1) is 13.7. The average Bonchev–Trinajstić information content (AvgIpc) is 2.69. The van der Waals surface area contributed by atoms with Crippen molar-refractivity contribution in [3.05, 3.63) is 60.4 Å². The highest BCUT2D eigenvalue weighted by Gasteiger charge is 2.35. The second-order valence-electron chi connectivity index (χ2n) is 7.63. The van der Waals surface area contributed by atoms with Gasteiger partial charge in [-0.2, -0.15) is 0 Å². The zero-order valence-corrected chi connectivity index (χ0v) is 15.9. The van der Waals surface area contributed by atoms with Crippen LogP contribution in [0, 0.1) is 0 Å². The van der Waals surface area contributed by atoms with Gasteiger partial charge in [-0.3, -0.25) is 0 Å². The van der Waals surface area contributed by atoms with Crippen LogP contribution in [-0.4, -0.2) is 47.5 Å². The van der Waals surface area contributed by atoms with Crippen LogP contribution in [0.15, 0.2) is 54.9 Å². The topological polar surface area (TPSA) is 62.9 Å². The number of carboxylic acid groups (broad SMARTS) is 1. The Bertz CT molecular complexity index is 767. The van der Waals surface area contributed by atoms with Gasteiger partial charge in [-0.25, -0.2) is 9.36 Å². The summed E-state index contributed by atoms with van der Waals surface area (Å²) in [5.74, 6) is 0.891. The lowest BCUT2D eigenvalue weighted by atomic mass is 9.91. The van der Waals surface area contributed by atoms with Gasteiger partial charge in [-0.05, 0) is 12.8 Å². The molecule has 1 aromatic carbocycles. The zero-order chi connectivity index (χ0) is 19.3. The first kappa shape index (κ1) is 18.7. The quantitative estimate of drug-likeness (QED) is 0.779. The molecule has 0 spiro atoms. The van der Waals surface area contributed by atoms with Crippen LogP contribution in [0.4, 0.5) is 4.79 Å². The van der Waals surface area contributed by atoms with E-state index in [4.69, 9.17) is 14.6 Å². The second kappa shape index (κ2) is 8.61. The largest absolute Gasteiger partial charge is 0.490 e. The molecular formula is C22H27N2O4+. The van der Waals surface area contributed by atoms with Gasteiger partial charge in [0.15, 0.2) is 18.9 Å². The first-order valence-corrected chi connectivity index (χ1v) is 9.99. The van der Waals surface area contributed by atoms with Crippen molar-refractivity contribution in [1.82, 2.24) is 4.90 Å². The van der Waals surface area contributed by atoms with Gasteiger partial charge >= 0.3 is 6.09 Å². The fourth-order valence-electron chi connectivity index (χ4n) is 3.79. The minimum atomic E-state index is -0.830. The number of likely N-dealkylation sites (tertiary alicyclic amines) is 1. The van der Waals surface area contributed by atoms with Crippen LogP contribution in [0.25, 0.3) is 0 Å². The Morgan fingerprint density at radius 1 is 1.00 bits per heavy atom. The number of hydrogen-bond acceptors (Lipinski definition) is 3. The van der Waals surface area contributed by atoms with Gasteiger partial charge in [-0.1, -0.05) is 30.3 Å². The third kappa shape index (κ3) is 4.81. The molecule has 1 aliphatic carbocycles. The van der Waals surface area contributed by atoms with Gasteiger partial charge < -0.3 is 19.5 Å². The van der Waals surface area contributed by atoms with Crippen LogP contribution in [0.5, 0.6) is 5.75 Å². The second-order valence-corrected chi connectivity index (χ2v) is 7.63. The number of hydrogen-bond donors (Lipinski definition) is 1. The highest BCUT2D eigenvalue weighted by atomic mass is 16.5.